The lowest BCUT2D eigenvalue weighted by atomic mass is 10.1. The smallest absolute Gasteiger partial charge is 0.370 e. The van der Waals surface area contributed by atoms with Gasteiger partial charge in [0.1, 0.15) is 0 Å². The lowest BCUT2D eigenvalue weighted by Crippen LogP contribution is -2.29. The van der Waals surface area contributed by atoms with Crippen molar-refractivity contribution in [2.75, 3.05) is 18.0 Å². The number of aldehydes is 1. The third-order valence-corrected chi connectivity index (χ3v) is 2.91. The molecule has 0 bridgehead atoms. The SMILES string of the molecule is CC(C)CN(CCC#N)c1ccc(C=O)c(C(F)(F)F)c1. The van der Waals surface area contributed by atoms with E-state index in [0.717, 1.165) is 6.07 Å². The maximum absolute atomic E-state index is 13.0. The van der Waals surface area contributed by atoms with E-state index in [1.165, 1.54) is 12.1 Å². The highest BCUT2D eigenvalue weighted by Gasteiger charge is 2.34. The molecule has 114 valence electrons. The summed E-state index contributed by atoms with van der Waals surface area (Å²) in [4.78, 5) is 12.5. The fourth-order valence-corrected chi connectivity index (χ4v) is 2.04. The van der Waals surface area contributed by atoms with E-state index < -0.39 is 11.7 Å². The van der Waals surface area contributed by atoms with Crippen LogP contribution in [0.2, 0.25) is 0 Å². The van der Waals surface area contributed by atoms with Crippen LogP contribution in [-0.2, 0) is 6.18 Å². The molecule has 0 saturated heterocycles. The standard InChI is InChI=1S/C15H17F3N2O/c1-11(2)9-20(7-3-6-19)13-5-4-12(10-21)14(8-13)15(16,17)18/h4-5,8,10-11H,3,7,9H2,1-2H3. The first-order valence-electron chi connectivity index (χ1n) is 6.58. The Bertz CT molecular complexity index is 533. The first-order valence-corrected chi connectivity index (χ1v) is 6.58. The van der Waals surface area contributed by atoms with Gasteiger partial charge in [-0.05, 0) is 24.1 Å². The number of hydrogen-bond donors (Lipinski definition) is 0. The monoisotopic (exact) mass is 298 g/mol. The predicted molar refractivity (Wildman–Crippen MR) is 74.1 cm³/mol. The highest BCUT2D eigenvalue weighted by atomic mass is 19.4. The zero-order chi connectivity index (χ0) is 16.0. The molecule has 0 N–H and O–H groups in total. The fraction of sp³-hybridized carbons (Fsp3) is 0.467. The van der Waals surface area contributed by atoms with E-state index in [4.69, 9.17) is 5.26 Å². The van der Waals surface area contributed by atoms with E-state index in [0.29, 0.717) is 18.8 Å². The second-order valence-electron chi connectivity index (χ2n) is 5.14. The van der Waals surface area contributed by atoms with Crippen molar-refractivity contribution in [2.45, 2.75) is 26.4 Å². The van der Waals surface area contributed by atoms with Crippen molar-refractivity contribution < 1.29 is 18.0 Å². The van der Waals surface area contributed by atoms with Gasteiger partial charge in [-0.25, -0.2) is 0 Å². The van der Waals surface area contributed by atoms with Crippen molar-refractivity contribution in [3.63, 3.8) is 0 Å². The Balaban J connectivity index is 3.20. The first-order chi connectivity index (χ1) is 9.79. The van der Waals surface area contributed by atoms with Gasteiger partial charge in [0.2, 0.25) is 0 Å². The molecule has 1 aromatic rings. The average molecular weight is 298 g/mol. The van der Waals surface area contributed by atoms with Gasteiger partial charge >= 0.3 is 6.18 Å². The molecule has 0 spiro atoms. The molecule has 0 aliphatic carbocycles. The number of alkyl halides is 3. The van der Waals surface area contributed by atoms with Crippen LogP contribution >= 0.6 is 0 Å². The van der Waals surface area contributed by atoms with Gasteiger partial charge in [0.15, 0.2) is 6.29 Å². The van der Waals surface area contributed by atoms with Crippen molar-refractivity contribution in [2.24, 2.45) is 5.92 Å². The zero-order valence-electron chi connectivity index (χ0n) is 11.9. The van der Waals surface area contributed by atoms with E-state index in [9.17, 15) is 18.0 Å². The molecule has 0 heterocycles. The minimum Gasteiger partial charge on any atom is -0.370 e. The van der Waals surface area contributed by atoms with Gasteiger partial charge in [0.05, 0.1) is 18.1 Å². The van der Waals surface area contributed by atoms with Crippen LogP contribution in [0.4, 0.5) is 18.9 Å². The summed E-state index contributed by atoms with van der Waals surface area (Å²) in [6.45, 7) is 4.79. The molecular formula is C15H17F3N2O. The Morgan fingerprint density at radius 2 is 2.05 bits per heavy atom. The summed E-state index contributed by atoms with van der Waals surface area (Å²) in [5.41, 5.74) is -0.950. The molecule has 0 unspecified atom stereocenters. The summed E-state index contributed by atoms with van der Waals surface area (Å²) in [6, 6.07) is 5.62. The van der Waals surface area contributed by atoms with Crippen LogP contribution in [0.1, 0.15) is 36.2 Å². The molecule has 0 fully saturated rings. The van der Waals surface area contributed by atoms with Gasteiger partial charge in [-0.2, -0.15) is 18.4 Å². The summed E-state index contributed by atoms with van der Waals surface area (Å²) in [5, 5.41) is 8.66. The Hall–Kier alpha value is -2.03. The molecule has 1 rings (SSSR count). The minimum atomic E-state index is -4.58. The van der Waals surface area contributed by atoms with E-state index in [1.807, 2.05) is 19.9 Å². The van der Waals surface area contributed by atoms with Crippen molar-refractivity contribution in [3.8, 4) is 6.07 Å². The molecule has 0 aliphatic heterocycles. The van der Waals surface area contributed by atoms with E-state index in [1.54, 1.807) is 4.90 Å². The number of anilines is 1. The summed E-state index contributed by atoms with van der Waals surface area (Å²) < 4.78 is 38.9. The van der Waals surface area contributed by atoms with Crippen LogP contribution in [0.5, 0.6) is 0 Å². The van der Waals surface area contributed by atoms with Gasteiger partial charge in [-0.3, -0.25) is 4.79 Å². The third kappa shape index (κ3) is 4.78. The van der Waals surface area contributed by atoms with Crippen molar-refractivity contribution in [1.82, 2.24) is 0 Å². The number of halogens is 3. The molecule has 0 aliphatic rings. The third-order valence-electron chi connectivity index (χ3n) is 2.91. The molecule has 0 radical (unpaired) electrons. The highest BCUT2D eigenvalue weighted by molar-refractivity contribution is 5.79. The summed E-state index contributed by atoms with van der Waals surface area (Å²) >= 11 is 0. The molecule has 0 atom stereocenters. The number of rotatable bonds is 6. The van der Waals surface area contributed by atoms with Gasteiger partial charge in [0.25, 0.3) is 0 Å². The van der Waals surface area contributed by atoms with Crippen LogP contribution in [-0.4, -0.2) is 19.4 Å². The molecular weight excluding hydrogens is 281 g/mol. The molecule has 0 saturated carbocycles. The number of benzene rings is 1. The Kier molecular flexibility index (Phi) is 5.77. The van der Waals surface area contributed by atoms with Gasteiger partial charge in [-0.1, -0.05) is 13.8 Å². The fourth-order valence-electron chi connectivity index (χ4n) is 2.04. The second-order valence-corrected chi connectivity index (χ2v) is 5.14. The van der Waals surface area contributed by atoms with Crippen LogP contribution in [0, 0.1) is 17.2 Å². The maximum atomic E-state index is 13.0. The van der Waals surface area contributed by atoms with Crippen molar-refractivity contribution in [1.29, 1.82) is 5.26 Å². The van der Waals surface area contributed by atoms with Gasteiger partial charge in [-0.15, -0.1) is 0 Å². The lowest BCUT2D eigenvalue weighted by molar-refractivity contribution is -0.137. The topological polar surface area (TPSA) is 44.1 Å². The van der Waals surface area contributed by atoms with E-state index >= 15 is 0 Å². The number of nitrogens with zero attached hydrogens (tertiary/aromatic N) is 2. The van der Waals surface area contributed by atoms with Crippen LogP contribution in [0.15, 0.2) is 18.2 Å². The van der Waals surface area contributed by atoms with Crippen molar-refractivity contribution >= 4 is 12.0 Å². The summed E-state index contributed by atoms with van der Waals surface area (Å²) in [6.07, 6.45) is -4.15. The van der Waals surface area contributed by atoms with Gasteiger partial charge in [0, 0.05) is 24.3 Å². The average Bonchev–Trinajstić information content (AvgIpc) is 2.41. The Morgan fingerprint density at radius 3 is 2.52 bits per heavy atom. The predicted octanol–water partition coefficient (Wildman–Crippen LogP) is 3.89. The normalized spacial score (nSPS) is 11.3. The molecule has 6 heteroatoms. The quantitative estimate of drug-likeness (QED) is 0.748. The summed E-state index contributed by atoms with van der Waals surface area (Å²) in [5.74, 6) is 0.240. The van der Waals surface area contributed by atoms with Gasteiger partial charge < -0.3 is 4.90 Å². The second kappa shape index (κ2) is 7.11. The number of carbonyl (C=O) groups excluding carboxylic acids is 1. The molecule has 1 aromatic carbocycles. The zero-order valence-corrected chi connectivity index (χ0v) is 11.9. The molecule has 21 heavy (non-hydrogen) atoms. The Morgan fingerprint density at radius 1 is 1.38 bits per heavy atom. The van der Waals surface area contributed by atoms with Crippen LogP contribution in [0.25, 0.3) is 0 Å². The van der Waals surface area contributed by atoms with Crippen molar-refractivity contribution in [3.05, 3.63) is 29.3 Å². The number of carbonyl (C=O) groups is 1. The largest absolute Gasteiger partial charge is 0.417 e. The minimum absolute atomic E-state index is 0.203. The maximum Gasteiger partial charge on any atom is 0.417 e. The van der Waals surface area contributed by atoms with E-state index in [-0.39, 0.29) is 24.2 Å². The summed E-state index contributed by atoms with van der Waals surface area (Å²) in [7, 11) is 0. The number of nitriles is 1. The highest BCUT2D eigenvalue weighted by Crippen LogP contribution is 2.34. The molecule has 0 aromatic heterocycles. The lowest BCUT2D eigenvalue weighted by Gasteiger charge is -2.27. The van der Waals surface area contributed by atoms with E-state index in [2.05, 4.69) is 0 Å². The van der Waals surface area contributed by atoms with Crippen LogP contribution < -0.4 is 4.90 Å². The Labute approximate surface area is 122 Å². The first kappa shape index (κ1) is 17.0. The van der Waals surface area contributed by atoms with Crippen LogP contribution in [0.3, 0.4) is 0 Å². The molecule has 3 nitrogen and oxygen atoms in total. The molecule has 0 amide bonds. The number of hydrogen-bond acceptors (Lipinski definition) is 3.